The van der Waals surface area contributed by atoms with Gasteiger partial charge in [-0.15, -0.1) is 0 Å². The first-order chi connectivity index (χ1) is 17.9. The molecule has 8 heteroatoms. The fourth-order valence-electron chi connectivity index (χ4n) is 5.33. The summed E-state index contributed by atoms with van der Waals surface area (Å²) in [5.41, 5.74) is -2.66. The molecule has 0 bridgehead atoms. The van der Waals surface area contributed by atoms with Crippen LogP contribution in [-0.2, 0) is 18.8 Å². The van der Waals surface area contributed by atoms with Crippen molar-refractivity contribution in [3.63, 3.8) is 0 Å². The first-order valence-electron chi connectivity index (χ1n) is 15.1. The Labute approximate surface area is 232 Å². The topological polar surface area (TPSA) is 93.1 Å². The maximum Gasteiger partial charge on any atom is 0.377 e. The number of rotatable bonds is 26. The van der Waals surface area contributed by atoms with E-state index >= 15 is 0 Å². The molecule has 0 aromatic rings. The summed E-state index contributed by atoms with van der Waals surface area (Å²) in [4.78, 5) is 10.8. The summed E-state index contributed by atoms with van der Waals surface area (Å²) in [7, 11) is -0.976. The van der Waals surface area contributed by atoms with Gasteiger partial charge in [0, 0.05) is 6.61 Å². The van der Waals surface area contributed by atoms with Gasteiger partial charge in [0.15, 0.2) is 0 Å². The van der Waals surface area contributed by atoms with Crippen LogP contribution in [0.4, 0.5) is 0 Å². The number of ether oxygens (including phenoxy) is 2. The second kappa shape index (κ2) is 22.6. The van der Waals surface area contributed by atoms with Gasteiger partial charge in [-0.05, 0) is 55.9 Å². The van der Waals surface area contributed by atoms with Crippen molar-refractivity contribution in [1.29, 1.82) is 0 Å². The van der Waals surface area contributed by atoms with Crippen LogP contribution in [0.25, 0.3) is 0 Å². The van der Waals surface area contributed by atoms with Gasteiger partial charge in [0.1, 0.15) is 0 Å². The minimum absolute atomic E-state index is 0.0246. The fraction of sp³-hybridized carbons (Fsp3) is 0.966. The van der Waals surface area contributed by atoms with E-state index < -0.39 is 20.0 Å². The number of hydrogen-bond donors (Lipinski definition) is 2. The lowest BCUT2D eigenvalue weighted by molar-refractivity contribution is -0.190. The van der Waals surface area contributed by atoms with Crippen LogP contribution in [0.1, 0.15) is 129 Å². The van der Waals surface area contributed by atoms with Crippen LogP contribution in [0.15, 0.2) is 0 Å². The summed E-state index contributed by atoms with van der Waals surface area (Å²) in [6.45, 7) is 4.75. The predicted molar refractivity (Wildman–Crippen MR) is 155 cm³/mol. The lowest BCUT2D eigenvalue weighted by Crippen LogP contribution is -2.35. The van der Waals surface area contributed by atoms with E-state index in [1.807, 2.05) is 6.92 Å². The largest absolute Gasteiger partial charge is 0.477 e. The molecule has 0 aromatic carbocycles. The SMILES string of the molecule is CCCCCCC(CCSCCCCCCCCC(C)OCCCOC(O)(P=O)C(=O)O)C1CCCC1. The molecule has 0 heterocycles. The number of aliphatic hydroxyl groups is 1. The molecule has 218 valence electrons. The van der Waals surface area contributed by atoms with E-state index in [9.17, 15) is 14.5 Å². The summed E-state index contributed by atoms with van der Waals surface area (Å²) in [5.74, 6) is 3.04. The van der Waals surface area contributed by atoms with Crippen LogP contribution in [0.5, 0.6) is 0 Å². The van der Waals surface area contributed by atoms with Gasteiger partial charge in [0.25, 0.3) is 0 Å². The van der Waals surface area contributed by atoms with E-state index in [4.69, 9.17) is 14.6 Å². The van der Waals surface area contributed by atoms with Gasteiger partial charge in [-0.1, -0.05) is 96.8 Å². The highest BCUT2D eigenvalue weighted by Gasteiger charge is 2.38. The molecule has 3 atom stereocenters. The number of carboxylic acids is 1. The first-order valence-corrected chi connectivity index (χ1v) is 17.0. The normalized spacial score (nSPS) is 17.7. The van der Waals surface area contributed by atoms with Crippen LogP contribution >= 0.6 is 20.2 Å². The lowest BCUT2D eigenvalue weighted by Gasteiger charge is -2.23. The van der Waals surface area contributed by atoms with Crippen molar-refractivity contribution in [1.82, 2.24) is 0 Å². The maximum atomic E-state index is 10.8. The molecule has 0 radical (unpaired) electrons. The van der Waals surface area contributed by atoms with Crippen LogP contribution in [0.3, 0.4) is 0 Å². The Balaban J connectivity index is 1.93. The Bertz CT molecular complexity index is 575. The number of unbranched alkanes of at least 4 members (excludes halogenated alkanes) is 8. The number of carboxylic acid groups (broad SMARTS) is 1. The third-order valence-corrected chi connectivity index (χ3v) is 9.34. The minimum atomic E-state index is -2.66. The minimum Gasteiger partial charge on any atom is -0.477 e. The predicted octanol–water partition coefficient (Wildman–Crippen LogP) is 8.45. The van der Waals surface area contributed by atoms with Crippen molar-refractivity contribution in [3.05, 3.63) is 0 Å². The molecular weight excluding hydrogens is 507 g/mol. The average Bonchev–Trinajstić information content (AvgIpc) is 3.42. The Morgan fingerprint density at radius 3 is 2.24 bits per heavy atom. The summed E-state index contributed by atoms with van der Waals surface area (Å²) in [6.07, 6.45) is 23.7. The second-order valence-electron chi connectivity index (χ2n) is 10.9. The zero-order valence-electron chi connectivity index (χ0n) is 23.7. The number of hydrogen-bond acceptors (Lipinski definition) is 6. The summed E-state index contributed by atoms with van der Waals surface area (Å²) in [6, 6.07) is 0. The molecule has 0 saturated heterocycles. The van der Waals surface area contributed by atoms with Gasteiger partial charge in [-0.2, -0.15) is 11.8 Å². The Hall–Kier alpha value is -0.200. The average molecular weight is 563 g/mol. The monoisotopic (exact) mass is 562 g/mol. The Morgan fingerprint density at radius 2 is 1.57 bits per heavy atom. The van der Waals surface area contributed by atoms with E-state index in [-0.39, 0.29) is 12.7 Å². The van der Waals surface area contributed by atoms with E-state index in [2.05, 4.69) is 18.7 Å². The first kappa shape index (κ1) is 34.8. The summed E-state index contributed by atoms with van der Waals surface area (Å²) < 4.78 is 21.2. The highest BCUT2D eigenvalue weighted by Crippen LogP contribution is 2.36. The second-order valence-corrected chi connectivity index (χ2v) is 12.9. The molecule has 1 fully saturated rings. The maximum absolute atomic E-state index is 10.8. The van der Waals surface area contributed by atoms with Crippen molar-refractivity contribution in [2.24, 2.45) is 11.8 Å². The molecule has 0 amide bonds. The van der Waals surface area contributed by atoms with Crippen LogP contribution in [0, 0.1) is 11.8 Å². The smallest absolute Gasteiger partial charge is 0.377 e. The Morgan fingerprint density at radius 1 is 0.919 bits per heavy atom. The van der Waals surface area contributed by atoms with Crippen molar-refractivity contribution in [2.75, 3.05) is 24.7 Å². The summed E-state index contributed by atoms with van der Waals surface area (Å²) in [5, 5.41) is 18.2. The van der Waals surface area contributed by atoms with E-state index in [1.165, 1.54) is 108 Å². The fourth-order valence-corrected chi connectivity index (χ4v) is 6.63. The molecule has 0 aliphatic heterocycles. The van der Waals surface area contributed by atoms with E-state index in [1.54, 1.807) is 0 Å². The highest BCUT2D eigenvalue weighted by atomic mass is 32.2. The van der Waals surface area contributed by atoms with Crippen molar-refractivity contribution >= 4 is 26.2 Å². The van der Waals surface area contributed by atoms with Gasteiger partial charge >= 0.3 is 11.5 Å². The van der Waals surface area contributed by atoms with Crippen molar-refractivity contribution in [2.45, 2.75) is 141 Å². The van der Waals surface area contributed by atoms with Crippen LogP contribution < -0.4 is 0 Å². The number of thioether (sulfide) groups is 1. The van der Waals surface area contributed by atoms with Crippen LogP contribution in [0.2, 0.25) is 0 Å². The lowest BCUT2D eigenvalue weighted by atomic mass is 9.84. The molecule has 0 aromatic heterocycles. The highest BCUT2D eigenvalue weighted by molar-refractivity contribution is 7.99. The molecule has 1 aliphatic rings. The third-order valence-electron chi connectivity index (χ3n) is 7.67. The molecule has 0 spiro atoms. The zero-order chi connectivity index (χ0) is 27.2. The quantitative estimate of drug-likeness (QED) is 0.0620. The molecule has 1 rings (SSSR count). The van der Waals surface area contributed by atoms with Crippen molar-refractivity contribution < 1.29 is 29.0 Å². The van der Waals surface area contributed by atoms with Gasteiger partial charge in [0.2, 0.25) is 8.46 Å². The van der Waals surface area contributed by atoms with Crippen LogP contribution in [-0.4, -0.2) is 52.5 Å². The molecular formula is C29H55O6PS. The van der Waals surface area contributed by atoms with E-state index in [0.717, 1.165) is 24.7 Å². The third kappa shape index (κ3) is 17.2. The van der Waals surface area contributed by atoms with Gasteiger partial charge < -0.3 is 19.7 Å². The van der Waals surface area contributed by atoms with E-state index in [0.29, 0.717) is 13.0 Å². The molecule has 2 N–H and O–H groups in total. The summed E-state index contributed by atoms with van der Waals surface area (Å²) >= 11 is 2.19. The van der Waals surface area contributed by atoms with Gasteiger partial charge in [-0.25, -0.2) is 4.79 Å². The number of aliphatic carboxylic acids is 1. The zero-order valence-corrected chi connectivity index (χ0v) is 25.4. The van der Waals surface area contributed by atoms with Crippen molar-refractivity contribution in [3.8, 4) is 0 Å². The molecule has 6 nitrogen and oxygen atoms in total. The van der Waals surface area contributed by atoms with Gasteiger partial charge in [0.05, 0.1) is 12.7 Å². The Kier molecular flexibility index (Phi) is 21.3. The molecule has 1 saturated carbocycles. The number of carbonyl (C=O) groups is 1. The molecule has 37 heavy (non-hydrogen) atoms. The molecule has 3 unspecified atom stereocenters. The standard InChI is InChI=1S/C29H55O6PS/c1-3-4-5-11-17-27(26-18-12-13-19-26)20-24-37-23-14-9-7-6-8-10-16-25(2)34-21-15-22-35-29(32,36-33)28(30)31/h25-27,32H,3-24H2,1-2H3,(H,30,31). The molecule has 1 aliphatic carbocycles. The van der Waals surface area contributed by atoms with Gasteiger partial charge in [-0.3, -0.25) is 4.57 Å².